The van der Waals surface area contributed by atoms with Gasteiger partial charge in [0, 0.05) is 24.0 Å². The minimum Gasteiger partial charge on any atom is -0.751 e. The van der Waals surface area contributed by atoms with Gasteiger partial charge in [-0.25, -0.2) is 4.98 Å². The van der Waals surface area contributed by atoms with Crippen molar-refractivity contribution in [2.24, 2.45) is 0 Å². The summed E-state index contributed by atoms with van der Waals surface area (Å²) >= 11 is 12.8. The summed E-state index contributed by atoms with van der Waals surface area (Å²) in [6, 6.07) is 15.9. The standard InChI is InChI=1S/C31H27Cl2F3N3O2/c32-27-19-24(11-16-37-27)29(40)39(41)26-8-4-7-25(31(34,35)36)28(26)23-12-17-38(18-13-23)20-30(33)14-9-22(10-15-30)21-5-2-1-3-6-21/h1-11,14,16,19,23H,12-13,15,17-18,20H2/q-1. The van der Waals surface area contributed by atoms with Crippen molar-refractivity contribution in [3.63, 3.8) is 0 Å². The molecule has 0 N–H and O–H groups in total. The smallest absolute Gasteiger partial charge is 0.416 e. The molecular weight excluding hydrogens is 574 g/mol. The van der Waals surface area contributed by atoms with Crippen LogP contribution in [0.2, 0.25) is 5.15 Å². The third-order valence-electron chi connectivity index (χ3n) is 7.58. The van der Waals surface area contributed by atoms with Crippen molar-refractivity contribution >= 4 is 40.4 Å². The monoisotopic (exact) mass is 600 g/mol. The molecule has 1 aliphatic carbocycles. The molecule has 214 valence electrons. The second-order valence-corrected chi connectivity index (χ2v) is 11.5. The topological polar surface area (TPSA) is 59.5 Å². The van der Waals surface area contributed by atoms with Crippen LogP contribution in [0.25, 0.3) is 5.57 Å². The highest BCUT2D eigenvalue weighted by molar-refractivity contribution is 6.29. The number of anilines is 1. The van der Waals surface area contributed by atoms with E-state index < -0.39 is 28.4 Å². The summed E-state index contributed by atoms with van der Waals surface area (Å²) in [5.74, 6) is -1.58. The van der Waals surface area contributed by atoms with Gasteiger partial charge in [-0.15, -0.1) is 11.6 Å². The maximum atomic E-state index is 14.1. The summed E-state index contributed by atoms with van der Waals surface area (Å²) in [6.07, 6.45) is 4.07. The quantitative estimate of drug-likeness (QED) is 0.163. The summed E-state index contributed by atoms with van der Waals surface area (Å²) in [5, 5.41) is 13.2. The zero-order valence-corrected chi connectivity index (χ0v) is 23.5. The number of halogens is 5. The molecule has 5 rings (SSSR count). The molecule has 1 unspecified atom stereocenters. The van der Waals surface area contributed by atoms with E-state index in [1.807, 2.05) is 42.5 Å². The van der Waals surface area contributed by atoms with Crippen LogP contribution >= 0.6 is 23.2 Å². The molecule has 10 heteroatoms. The predicted molar refractivity (Wildman–Crippen MR) is 156 cm³/mol. The first kappa shape index (κ1) is 29.3. The summed E-state index contributed by atoms with van der Waals surface area (Å²) in [6.45, 7) is 1.54. The molecular formula is C31H27Cl2F3N3O2-. The van der Waals surface area contributed by atoms with Gasteiger partial charge in [0.15, 0.2) is 0 Å². The predicted octanol–water partition coefficient (Wildman–Crippen LogP) is 8.10. The van der Waals surface area contributed by atoms with Crippen LogP contribution in [0, 0.1) is 5.21 Å². The zero-order valence-electron chi connectivity index (χ0n) is 22.0. The molecule has 0 radical (unpaired) electrons. The lowest BCUT2D eigenvalue weighted by Crippen LogP contribution is -2.42. The van der Waals surface area contributed by atoms with Crippen molar-refractivity contribution < 1.29 is 18.0 Å². The Bertz CT molecular complexity index is 1470. The molecule has 0 bridgehead atoms. The van der Waals surface area contributed by atoms with E-state index >= 15 is 0 Å². The van der Waals surface area contributed by atoms with Gasteiger partial charge >= 0.3 is 6.18 Å². The summed E-state index contributed by atoms with van der Waals surface area (Å²) in [7, 11) is 0. The number of piperidine rings is 1. The van der Waals surface area contributed by atoms with Crippen molar-refractivity contribution in [1.29, 1.82) is 0 Å². The number of hydrogen-bond donors (Lipinski definition) is 0. The fraction of sp³-hybridized carbons (Fsp3) is 0.290. The highest BCUT2D eigenvalue weighted by Gasteiger charge is 2.39. The normalized spacial score (nSPS) is 20.1. The van der Waals surface area contributed by atoms with Crippen LogP contribution in [0.4, 0.5) is 18.9 Å². The van der Waals surface area contributed by atoms with E-state index in [0.717, 1.165) is 23.3 Å². The van der Waals surface area contributed by atoms with Crippen LogP contribution < -0.4 is 5.06 Å². The molecule has 2 aliphatic rings. The first-order valence-electron chi connectivity index (χ1n) is 13.2. The Morgan fingerprint density at radius 3 is 2.46 bits per heavy atom. The number of hydroxylamine groups is 1. The van der Waals surface area contributed by atoms with Gasteiger partial charge in [-0.3, -0.25) is 4.79 Å². The van der Waals surface area contributed by atoms with Crippen LogP contribution in [0.3, 0.4) is 0 Å². The number of allylic oxidation sites excluding steroid dienone is 3. The Morgan fingerprint density at radius 2 is 1.83 bits per heavy atom. The highest BCUT2D eigenvalue weighted by Crippen LogP contribution is 2.44. The van der Waals surface area contributed by atoms with Crippen molar-refractivity contribution in [3.8, 4) is 0 Å². The van der Waals surface area contributed by atoms with E-state index in [1.54, 1.807) is 0 Å². The number of amides is 1. The van der Waals surface area contributed by atoms with Crippen molar-refractivity contribution in [2.75, 3.05) is 24.7 Å². The first-order chi connectivity index (χ1) is 19.5. The Hall–Kier alpha value is -3.17. The summed E-state index contributed by atoms with van der Waals surface area (Å²) in [4.78, 5) is 18.2. The third-order valence-corrected chi connectivity index (χ3v) is 8.18. The second-order valence-electron chi connectivity index (χ2n) is 10.4. The van der Waals surface area contributed by atoms with E-state index in [1.165, 1.54) is 24.4 Å². The van der Waals surface area contributed by atoms with Gasteiger partial charge in [-0.1, -0.05) is 66.2 Å². The minimum absolute atomic E-state index is 0.00228. The van der Waals surface area contributed by atoms with Crippen molar-refractivity contribution in [3.05, 3.63) is 118 Å². The average Bonchev–Trinajstić information content (AvgIpc) is 2.97. The Kier molecular flexibility index (Phi) is 8.57. The summed E-state index contributed by atoms with van der Waals surface area (Å²) in [5.41, 5.74) is 0.784. The van der Waals surface area contributed by atoms with Crippen LogP contribution in [0.5, 0.6) is 0 Å². The fourth-order valence-electron chi connectivity index (χ4n) is 5.54. The number of hydrogen-bond acceptors (Lipinski definition) is 4. The number of carbonyl (C=O) groups excluding carboxylic acids is 1. The van der Waals surface area contributed by atoms with Gasteiger partial charge in [-0.2, -0.15) is 13.2 Å². The maximum Gasteiger partial charge on any atom is 0.416 e. The molecule has 1 aliphatic heterocycles. The van der Waals surface area contributed by atoms with E-state index in [-0.39, 0.29) is 27.0 Å². The van der Waals surface area contributed by atoms with Crippen molar-refractivity contribution in [1.82, 2.24) is 9.88 Å². The van der Waals surface area contributed by atoms with Crippen LogP contribution in [0.15, 0.2) is 85.1 Å². The van der Waals surface area contributed by atoms with Crippen LogP contribution in [0.1, 0.15) is 52.2 Å². The number of likely N-dealkylation sites (tertiary alicyclic amines) is 1. The lowest BCUT2D eigenvalue weighted by molar-refractivity contribution is -0.138. The molecule has 3 aromatic rings. The number of benzene rings is 2. The third kappa shape index (κ3) is 6.67. The maximum absolute atomic E-state index is 14.1. The molecule has 1 atom stereocenters. The molecule has 0 saturated carbocycles. The highest BCUT2D eigenvalue weighted by atomic mass is 35.5. The van der Waals surface area contributed by atoms with E-state index in [0.29, 0.717) is 38.9 Å². The molecule has 0 spiro atoms. The van der Waals surface area contributed by atoms with Gasteiger partial charge in [0.25, 0.3) is 0 Å². The van der Waals surface area contributed by atoms with E-state index in [4.69, 9.17) is 23.2 Å². The number of alkyl halides is 4. The van der Waals surface area contributed by atoms with E-state index in [9.17, 15) is 23.2 Å². The lowest BCUT2D eigenvalue weighted by Gasteiger charge is -2.40. The molecule has 1 saturated heterocycles. The number of aromatic nitrogens is 1. The SMILES string of the molecule is O=C(c1ccnc(Cl)c1)N([O-])c1cccc(C(F)(F)F)c1C1CCN(CC2(Cl)C=CC(c3ccccc3)=CC2)CC1. The molecule has 2 aromatic carbocycles. The van der Waals surface area contributed by atoms with Crippen molar-refractivity contribution in [2.45, 2.75) is 36.2 Å². The molecule has 1 fully saturated rings. The van der Waals surface area contributed by atoms with E-state index in [2.05, 4.69) is 16.0 Å². The van der Waals surface area contributed by atoms with Gasteiger partial charge in [0.1, 0.15) is 5.15 Å². The largest absolute Gasteiger partial charge is 0.751 e. The van der Waals surface area contributed by atoms with Crippen LogP contribution in [-0.4, -0.2) is 40.3 Å². The molecule has 1 amide bonds. The Balaban J connectivity index is 1.32. The lowest BCUT2D eigenvalue weighted by atomic mass is 9.84. The zero-order chi connectivity index (χ0) is 29.2. The molecule has 5 nitrogen and oxygen atoms in total. The minimum atomic E-state index is -4.69. The molecule has 1 aromatic heterocycles. The molecule has 2 heterocycles. The first-order valence-corrected chi connectivity index (χ1v) is 14.0. The number of pyridine rings is 1. The van der Waals surface area contributed by atoms with Gasteiger partial charge in [0.2, 0.25) is 5.91 Å². The Morgan fingerprint density at radius 1 is 1.10 bits per heavy atom. The Labute approximate surface area is 246 Å². The van der Waals surface area contributed by atoms with Gasteiger partial charge < -0.3 is 15.2 Å². The fourth-order valence-corrected chi connectivity index (χ4v) is 6.02. The number of carbonyl (C=O) groups is 1. The molecule has 41 heavy (non-hydrogen) atoms. The number of rotatable bonds is 6. The van der Waals surface area contributed by atoms with Gasteiger partial charge in [0.05, 0.1) is 10.4 Å². The average molecular weight is 601 g/mol. The van der Waals surface area contributed by atoms with Crippen LogP contribution in [-0.2, 0) is 6.18 Å². The second kappa shape index (κ2) is 12.0. The summed E-state index contributed by atoms with van der Waals surface area (Å²) < 4.78 is 42.4. The van der Waals surface area contributed by atoms with Gasteiger partial charge in [-0.05, 0) is 79.2 Å². The number of nitrogens with zero attached hydrogens (tertiary/aromatic N) is 3.